The molecule has 1 N–H and O–H groups in total. The number of ether oxygens (including phenoxy) is 1. The van der Waals surface area contributed by atoms with Gasteiger partial charge in [-0.3, -0.25) is 0 Å². The van der Waals surface area contributed by atoms with E-state index in [1.54, 1.807) is 0 Å². The fraction of sp³-hybridized carbons (Fsp3) is 0.577. The van der Waals surface area contributed by atoms with Crippen molar-refractivity contribution in [3.63, 3.8) is 0 Å². The zero-order valence-corrected chi connectivity index (χ0v) is 19.7. The lowest BCUT2D eigenvalue weighted by atomic mass is 9.95. The van der Waals surface area contributed by atoms with Crippen molar-refractivity contribution < 1.29 is 9.53 Å². The van der Waals surface area contributed by atoms with E-state index >= 15 is 0 Å². The average Bonchev–Trinajstić information content (AvgIpc) is 2.84. The molecule has 2 aliphatic heterocycles. The number of fused-ring (bicyclic) bond motifs is 1. The van der Waals surface area contributed by atoms with Gasteiger partial charge in [0.2, 0.25) is 0 Å². The predicted molar refractivity (Wildman–Crippen MR) is 129 cm³/mol. The number of benzene rings is 1. The van der Waals surface area contributed by atoms with E-state index in [2.05, 4.69) is 41.4 Å². The number of anilines is 1. The number of aromatic nitrogens is 2. The van der Waals surface area contributed by atoms with Crippen LogP contribution in [0.3, 0.4) is 0 Å². The molecule has 1 aromatic carbocycles. The monoisotopic (exact) mass is 449 g/mol. The van der Waals surface area contributed by atoms with Gasteiger partial charge < -0.3 is 19.9 Å². The molecule has 7 heteroatoms. The normalized spacial score (nSPS) is 19.3. The highest BCUT2D eigenvalue weighted by molar-refractivity contribution is 5.75. The summed E-state index contributed by atoms with van der Waals surface area (Å²) in [7, 11) is 0. The molecule has 1 aliphatic carbocycles. The number of nitrogens with one attached hydrogen (secondary N) is 1. The fourth-order valence-electron chi connectivity index (χ4n) is 5.25. The summed E-state index contributed by atoms with van der Waals surface area (Å²) < 4.78 is 5.59. The number of amides is 2. The first kappa shape index (κ1) is 22.1. The van der Waals surface area contributed by atoms with Crippen LogP contribution in [0.1, 0.15) is 60.3 Å². The van der Waals surface area contributed by atoms with Crippen LogP contribution in [-0.2, 0) is 24.1 Å². The van der Waals surface area contributed by atoms with Gasteiger partial charge in [-0.2, -0.15) is 0 Å². The average molecular weight is 450 g/mol. The molecule has 1 aromatic heterocycles. The van der Waals surface area contributed by atoms with E-state index in [4.69, 9.17) is 14.7 Å². The molecule has 0 atom stereocenters. The lowest BCUT2D eigenvalue weighted by Gasteiger charge is -2.35. The second-order valence-corrected chi connectivity index (χ2v) is 9.61. The number of rotatable bonds is 4. The Morgan fingerprint density at radius 1 is 1.12 bits per heavy atom. The van der Waals surface area contributed by atoms with Crippen molar-refractivity contribution in [3.8, 4) is 0 Å². The summed E-state index contributed by atoms with van der Waals surface area (Å²) in [4.78, 5) is 27.3. The number of morpholine rings is 1. The number of urea groups is 1. The van der Waals surface area contributed by atoms with Crippen LogP contribution in [0.2, 0.25) is 0 Å². The Hall–Kier alpha value is -2.67. The Morgan fingerprint density at radius 3 is 2.73 bits per heavy atom. The van der Waals surface area contributed by atoms with Gasteiger partial charge in [0.25, 0.3) is 0 Å². The van der Waals surface area contributed by atoms with Crippen LogP contribution in [0.25, 0.3) is 0 Å². The number of aryl methyl sites for hydroxylation is 1. The van der Waals surface area contributed by atoms with E-state index in [-0.39, 0.29) is 6.03 Å². The molecule has 1 saturated heterocycles. The molecule has 7 nitrogen and oxygen atoms in total. The molecule has 2 amide bonds. The molecule has 0 bridgehead atoms. The quantitative estimate of drug-likeness (QED) is 0.772. The van der Waals surface area contributed by atoms with Gasteiger partial charge in [0.15, 0.2) is 0 Å². The first-order valence-electron chi connectivity index (χ1n) is 12.5. The molecule has 0 spiro atoms. The Bertz CT molecular complexity index is 983. The summed E-state index contributed by atoms with van der Waals surface area (Å²) in [5.74, 6) is 1.85. The Labute approximate surface area is 196 Å². The van der Waals surface area contributed by atoms with Crippen LogP contribution in [0.4, 0.5) is 10.6 Å². The molecular formula is C26H35N5O2. The molecule has 176 valence electrons. The molecule has 33 heavy (non-hydrogen) atoms. The number of hydrogen-bond acceptors (Lipinski definition) is 5. The van der Waals surface area contributed by atoms with Crippen molar-refractivity contribution in [2.24, 2.45) is 0 Å². The van der Waals surface area contributed by atoms with Gasteiger partial charge in [-0.1, -0.05) is 49.1 Å². The molecule has 3 heterocycles. The van der Waals surface area contributed by atoms with Crippen molar-refractivity contribution >= 4 is 11.8 Å². The van der Waals surface area contributed by atoms with Gasteiger partial charge in [-0.25, -0.2) is 14.8 Å². The standard InChI is InChI=1S/C26H35N5O2/c1-19-6-5-7-20(16-19)17-24-28-23-10-11-31(26(32)27-21-8-3-2-4-9-21)18-22(23)25(29-24)30-12-14-33-15-13-30/h5-7,16,21H,2-4,8-15,17-18H2,1H3,(H,27,32). The number of hydrogen-bond donors (Lipinski definition) is 1. The summed E-state index contributed by atoms with van der Waals surface area (Å²) in [6.45, 7) is 6.45. The Balaban J connectivity index is 1.39. The predicted octanol–water partition coefficient (Wildman–Crippen LogP) is 3.61. The van der Waals surface area contributed by atoms with Gasteiger partial charge in [0, 0.05) is 44.1 Å². The highest BCUT2D eigenvalue weighted by atomic mass is 16.5. The summed E-state index contributed by atoms with van der Waals surface area (Å²) in [6, 6.07) is 8.93. The van der Waals surface area contributed by atoms with Crippen LogP contribution in [-0.4, -0.2) is 59.8 Å². The molecule has 5 rings (SSSR count). The van der Waals surface area contributed by atoms with E-state index in [0.29, 0.717) is 32.3 Å². The van der Waals surface area contributed by atoms with Crippen molar-refractivity contribution in [3.05, 3.63) is 52.5 Å². The maximum absolute atomic E-state index is 13.0. The second-order valence-electron chi connectivity index (χ2n) is 9.61. The van der Waals surface area contributed by atoms with Crippen LogP contribution in [0.15, 0.2) is 24.3 Å². The lowest BCUT2D eigenvalue weighted by molar-refractivity contribution is 0.122. The lowest BCUT2D eigenvalue weighted by Crippen LogP contribution is -2.48. The summed E-state index contributed by atoms with van der Waals surface area (Å²) in [6.07, 6.45) is 7.40. The van der Waals surface area contributed by atoms with Crippen LogP contribution in [0.5, 0.6) is 0 Å². The summed E-state index contributed by atoms with van der Waals surface area (Å²) in [5, 5.41) is 3.28. The molecule has 1 saturated carbocycles. The van der Waals surface area contributed by atoms with E-state index in [1.807, 2.05) is 4.90 Å². The van der Waals surface area contributed by atoms with Crippen molar-refractivity contribution in [2.45, 2.75) is 64.5 Å². The first-order chi connectivity index (χ1) is 16.2. The van der Waals surface area contributed by atoms with Gasteiger partial charge in [0.1, 0.15) is 11.6 Å². The molecular weight excluding hydrogens is 414 g/mol. The van der Waals surface area contributed by atoms with E-state index < -0.39 is 0 Å². The van der Waals surface area contributed by atoms with Crippen molar-refractivity contribution in [1.82, 2.24) is 20.2 Å². The van der Waals surface area contributed by atoms with Gasteiger partial charge in [-0.05, 0) is 25.3 Å². The Kier molecular flexibility index (Phi) is 6.76. The van der Waals surface area contributed by atoms with E-state index in [9.17, 15) is 4.79 Å². The summed E-state index contributed by atoms with van der Waals surface area (Å²) >= 11 is 0. The zero-order chi connectivity index (χ0) is 22.6. The maximum atomic E-state index is 13.0. The number of carbonyl (C=O) groups excluding carboxylic acids is 1. The van der Waals surface area contributed by atoms with Gasteiger partial charge >= 0.3 is 6.03 Å². The third-order valence-corrected chi connectivity index (χ3v) is 7.06. The highest BCUT2D eigenvalue weighted by Gasteiger charge is 2.29. The Morgan fingerprint density at radius 2 is 1.94 bits per heavy atom. The van der Waals surface area contributed by atoms with Crippen molar-refractivity contribution in [1.29, 1.82) is 0 Å². The highest BCUT2D eigenvalue weighted by Crippen LogP contribution is 2.28. The van der Waals surface area contributed by atoms with Crippen LogP contribution < -0.4 is 10.2 Å². The van der Waals surface area contributed by atoms with E-state index in [1.165, 1.54) is 30.4 Å². The zero-order valence-electron chi connectivity index (χ0n) is 19.7. The summed E-state index contributed by atoms with van der Waals surface area (Å²) in [5.41, 5.74) is 4.68. The minimum absolute atomic E-state index is 0.0596. The van der Waals surface area contributed by atoms with Gasteiger partial charge in [0.05, 0.1) is 25.5 Å². The third-order valence-electron chi connectivity index (χ3n) is 7.06. The molecule has 0 radical (unpaired) electrons. The topological polar surface area (TPSA) is 70.6 Å². The molecule has 0 unspecified atom stereocenters. The first-order valence-corrected chi connectivity index (χ1v) is 12.5. The SMILES string of the molecule is Cc1cccc(Cc2nc3c(c(N4CCOCC4)n2)CN(C(=O)NC2CCCCC2)CC3)c1. The van der Waals surface area contributed by atoms with Gasteiger partial charge in [-0.15, -0.1) is 0 Å². The maximum Gasteiger partial charge on any atom is 0.317 e. The van der Waals surface area contributed by atoms with Crippen LogP contribution >= 0.6 is 0 Å². The largest absolute Gasteiger partial charge is 0.378 e. The number of carbonyl (C=O) groups is 1. The van der Waals surface area contributed by atoms with E-state index in [0.717, 1.165) is 61.7 Å². The smallest absolute Gasteiger partial charge is 0.317 e. The third kappa shape index (κ3) is 5.29. The minimum Gasteiger partial charge on any atom is -0.378 e. The molecule has 2 fully saturated rings. The minimum atomic E-state index is 0.0596. The molecule has 3 aliphatic rings. The van der Waals surface area contributed by atoms with Crippen molar-refractivity contribution in [2.75, 3.05) is 37.7 Å². The second kappa shape index (κ2) is 10.1. The van der Waals surface area contributed by atoms with Crippen LogP contribution in [0, 0.1) is 6.92 Å². The fourth-order valence-corrected chi connectivity index (χ4v) is 5.25. The molecule has 2 aromatic rings. The number of nitrogens with zero attached hydrogens (tertiary/aromatic N) is 4.